The lowest BCUT2D eigenvalue weighted by atomic mass is 9.92. The molecule has 0 aliphatic carbocycles. The minimum absolute atomic E-state index is 0.107. The summed E-state index contributed by atoms with van der Waals surface area (Å²) in [6, 6.07) is 7.34. The van der Waals surface area contributed by atoms with E-state index in [2.05, 4.69) is 19.8 Å². The second-order valence-corrected chi connectivity index (χ2v) is 9.36. The van der Waals surface area contributed by atoms with Gasteiger partial charge in [-0.2, -0.15) is 0 Å². The Balaban J connectivity index is 1.38. The van der Waals surface area contributed by atoms with Gasteiger partial charge in [0.15, 0.2) is 9.84 Å². The summed E-state index contributed by atoms with van der Waals surface area (Å²) in [7, 11) is -3.39. The number of aromatic nitrogens is 2. The van der Waals surface area contributed by atoms with E-state index in [0.29, 0.717) is 6.04 Å². The second-order valence-electron chi connectivity index (χ2n) is 7.32. The summed E-state index contributed by atoms with van der Waals surface area (Å²) >= 11 is 0. The van der Waals surface area contributed by atoms with Crippen molar-refractivity contribution in [1.29, 1.82) is 0 Å². The Labute approximate surface area is 159 Å². The number of anilines is 1. The van der Waals surface area contributed by atoms with Gasteiger partial charge in [-0.05, 0) is 49.1 Å². The number of piperidine rings is 1. The number of hydrogen-bond acceptors (Lipinski definition) is 6. The van der Waals surface area contributed by atoms with E-state index in [9.17, 15) is 12.8 Å². The molecule has 3 heterocycles. The van der Waals surface area contributed by atoms with Crippen LogP contribution in [0.5, 0.6) is 0 Å². The molecule has 2 fully saturated rings. The third-order valence-corrected chi connectivity index (χ3v) is 7.37. The van der Waals surface area contributed by atoms with Crippen LogP contribution in [0.4, 0.5) is 10.3 Å². The molecule has 8 heteroatoms. The summed E-state index contributed by atoms with van der Waals surface area (Å²) in [6.45, 7) is 3.39. The van der Waals surface area contributed by atoms with Gasteiger partial charge in [0, 0.05) is 44.6 Å². The zero-order valence-corrected chi connectivity index (χ0v) is 15.9. The van der Waals surface area contributed by atoms with E-state index in [1.54, 1.807) is 12.4 Å². The van der Waals surface area contributed by atoms with Gasteiger partial charge in [-0.3, -0.25) is 4.90 Å². The smallest absolute Gasteiger partial charge is 0.225 e. The lowest BCUT2D eigenvalue weighted by molar-refractivity contribution is 0.102. The molecule has 144 valence electrons. The van der Waals surface area contributed by atoms with E-state index < -0.39 is 15.7 Å². The fourth-order valence-corrected chi connectivity index (χ4v) is 5.71. The monoisotopic (exact) mass is 390 g/mol. The number of halogens is 1. The van der Waals surface area contributed by atoms with Crippen LogP contribution < -0.4 is 4.90 Å². The van der Waals surface area contributed by atoms with E-state index in [-0.39, 0.29) is 16.6 Å². The van der Waals surface area contributed by atoms with Gasteiger partial charge in [0.25, 0.3) is 0 Å². The van der Waals surface area contributed by atoms with Gasteiger partial charge in [0.1, 0.15) is 5.82 Å². The molecule has 0 amide bonds. The largest absolute Gasteiger partial charge is 0.338 e. The number of hydrogen-bond donors (Lipinski definition) is 0. The number of piperazine rings is 1. The van der Waals surface area contributed by atoms with Crippen LogP contribution in [0.15, 0.2) is 47.6 Å². The highest BCUT2D eigenvalue weighted by Gasteiger charge is 2.35. The Kier molecular flexibility index (Phi) is 5.10. The van der Waals surface area contributed by atoms with Crippen molar-refractivity contribution in [2.75, 3.05) is 36.8 Å². The molecule has 6 nitrogen and oxygen atoms in total. The molecule has 0 spiro atoms. The van der Waals surface area contributed by atoms with Crippen LogP contribution in [0.3, 0.4) is 0 Å². The molecular formula is C19H23FN4O2S. The lowest BCUT2D eigenvalue weighted by Crippen LogP contribution is -2.57. The molecule has 2 aliphatic rings. The zero-order valence-electron chi connectivity index (χ0n) is 15.0. The average Bonchev–Trinajstić information content (AvgIpc) is 2.68. The minimum Gasteiger partial charge on any atom is -0.338 e. The molecule has 4 rings (SSSR count). The van der Waals surface area contributed by atoms with Crippen molar-refractivity contribution in [3.8, 4) is 0 Å². The molecule has 2 atom stereocenters. The summed E-state index contributed by atoms with van der Waals surface area (Å²) in [5, 5.41) is 0. The molecule has 0 bridgehead atoms. The molecule has 2 aromatic rings. The minimum atomic E-state index is -3.39. The summed E-state index contributed by atoms with van der Waals surface area (Å²) in [4.78, 5) is 13.5. The van der Waals surface area contributed by atoms with Crippen LogP contribution in [0.25, 0.3) is 0 Å². The average molecular weight is 390 g/mol. The molecule has 2 unspecified atom stereocenters. The molecular weight excluding hydrogens is 367 g/mol. The van der Waals surface area contributed by atoms with Crippen LogP contribution in [-0.2, 0) is 9.84 Å². The number of benzene rings is 1. The third-order valence-electron chi connectivity index (χ3n) is 5.47. The maximum absolute atomic E-state index is 13.1. The molecule has 0 radical (unpaired) electrons. The normalized spacial score (nSPS) is 23.8. The maximum atomic E-state index is 13.1. The topological polar surface area (TPSA) is 66.4 Å². The van der Waals surface area contributed by atoms with E-state index in [1.165, 1.54) is 24.3 Å². The predicted octanol–water partition coefficient (Wildman–Crippen LogP) is 1.99. The summed E-state index contributed by atoms with van der Waals surface area (Å²) in [5.41, 5.74) is 0. The van der Waals surface area contributed by atoms with Crippen LogP contribution >= 0.6 is 0 Å². The Morgan fingerprint density at radius 1 is 1.04 bits per heavy atom. The lowest BCUT2D eigenvalue weighted by Gasteiger charge is -2.46. The zero-order chi connectivity index (χ0) is 18.9. The SMILES string of the molecule is O=S(=O)(CC1CCC2CN(c3ncccn3)CCN2C1)c1ccc(F)cc1. The number of fused-ring (bicyclic) bond motifs is 1. The number of rotatable bonds is 4. The summed E-state index contributed by atoms with van der Waals surface area (Å²) in [6.07, 6.45) is 5.36. The van der Waals surface area contributed by atoms with Gasteiger partial charge in [0.2, 0.25) is 5.95 Å². The molecule has 0 N–H and O–H groups in total. The molecule has 27 heavy (non-hydrogen) atoms. The van der Waals surface area contributed by atoms with Crippen LogP contribution in [0.2, 0.25) is 0 Å². The Hall–Kier alpha value is -2.06. The van der Waals surface area contributed by atoms with Crippen molar-refractivity contribution >= 4 is 15.8 Å². The Bertz CT molecular complexity index is 876. The fraction of sp³-hybridized carbons (Fsp3) is 0.474. The highest BCUT2D eigenvalue weighted by molar-refractivity contribution is 7.91. The summed E-state index contributed by atoms with van der Waals surface area (Å²) < 4.78 is 38.3. The van der Waals surface area contributed by atoms with E-state index in [0.717, 1.165) is 45.0 Å². The van der Waals surface area contributed by atoms with Gasteiger partial charge < -0.3 is 4.90 Å². The number of nitrogens with zero attached hydrogens (tertiary/aromatic N) is 4. The van der Waals surface area contributed by atoms with E-state index in [1.807, 2.05) is 6.07 Å². The molecule has 2 saturated heterocycles. The highest BCUT2D eigenvalue weighted by Crippen LogP contribution is 2.28. The first kappa shape index (κ1) is 18.3. The number of sulfone groups is 1. The van der Waals surface area contributed by atoms with Crippen molar-refractivity contribution in [1.82, 2.24) is 14.9 Å². The Morgan fingerprint density at radius 2 is 1.78 bits per heavy atom. The fourth-order valence-electron chi connectivity index (χ4n) is 4.08. The van der Waals surface area contributed by atoms with Gasteiger partial charge in [-0.1, -0.05) is 0 Å². The van der Waals surface area contributed by atoms with Crippen molar-refractivity contribution < 1.29 is 12.8 Å². The van der Waals surface area contributed by atoms with Gasteiger partial charge >= 0.3 is 0 Å². The first-order valence-electron chi connectivity index (χ1n) is 9.25. The maximum Gasteiger partial charge on any atom is 0.225 e. The predicted molar refractivity (Wildman–Crippen MR) is 101 cm³/mol. The van der Waals surface area contributed by atoms with Crippen LogP contribution in [-0.4, -0.2) is 61.3 Å². The van der Waals surface area contributed by atoms with Crippen LogP contribution in [0, 0.1) is 11.7 Å². The third kappa shape index (κ3) is 4.11. The highest BCUT2D eigenvalue weighted by atomic mass is 32.2. The van der Waals surface area contributed by atoms with Crippen molar-refractivity contribution in [3.05, 3.63) is 48.5 Å². The van der Waals surface area contributed by atoms with Crippen molar-refractivity contribution in [2.45, 2.75) is 23.8 Å². The quantitative estimate of drug-likeness (QED) is 0.744. The van der Waals surface area contributed by atoms with Crippen molar-refractivity contribution in [3.63, 3.8) is 0 Å². The van der Waals surface area contributed by atoms with E-state index in [4.69, 9.17) is 0 Å². The second kappa shape index (κ2) is 7.52. The van der Waals surface area contributed by atoms with E-state index >= 15 is 0 Å². The molecule has 1 aromatic heterocycles. The molecule has 2 aliphatic heterocycles. The van der Waals surface area contributed by atoms with Crippen molar-refractivity contribution in [2.24, 2.45) is 5.92 Å². The van der Waals surface area contributed by atoms with Gasteiger partial charge in [-0.25, -0.2) is 22.8 Å². The first-order chi connectivity index (χ1) is 13.0. The standard InChI is InChI=1S/C19H23FN4O2S/c20-16-3-6-18(7-4-16)27(25,26)14-15-2-5-17-13-24(11-10-23(17)12-15)19-21-8-1-9-22-19/h1,3-4,6-9,15,17H,2,5,10-14H2. The summed E-state index contributed by atoms with van der Waals surface area (Å²) in [5.74, 6) is 0.566. The first-order valence-corrected chi connectivity index (χ1v) is 10.9. The molecule has 0 saturated carbocycles. The Morgan fingerprint density at radius 3 is 2.52 bits per heavy atom. The van der Waals surface area contributed by atoms with Crippen LogP contribution in [0.1, 0.15) is 12.8 Å². The molecule has 1 aromatic carbocycles. The van der Waals surface area contributed by atoms with Gasteiger partial charge in [-0.15, -0.1) is 0 Å². The van der Waals surface area contributed by atoms with Gasteiger partial charge in [0.05, 0.1) is 10.6 Å².